The summed E-state index contributed by atoms with van der Waals surface area (Å²) in [7, 11) is 0. The Hall–Kier alpha value is -2.66. The summed E-state index contributed by atoms with van der Waals surface area (Å²) < 4.78 is 23.7. The van der Waals surface area contributed by atoms with Crippen molar-refractivity contribution in [3.05, 3.63) is 62.7 Å². The Morgan fingerprint density at radius 3 is 2.43 bits per heavy atom. The van der Waals surface area contributed by atoms with Crippen LogP contribution in [-0.2, 0) is 4.79 Å². The summed E-state index contributed by atoms with van der Waals surface area (Å²) in [5, 5.41) is 0.0481. The van der Waals surface area contributed by atoms with E-state index in [1.807, 2.05) is 0 Å². The lowest BCUT2D eigenvalue weighted by Gasteiger charge is -2.13. The molecule has 0 N–H and O–H groups in total. The summed E-state index contributed by atoms with van der Waals surface area (Å²) >= 11 is 13.1. The standard InChI is InChI=1S/C21H14Cl2FNO4S/c1-2-8-29-19-16(22)10-13(11-17(19)23)12-18-20(26)25(21(27)30-18)7-9-28-15-5-3-14(24)4-6-15/h1,3-6,10-12H,7-9H2/b18-12-. The molecule has 0 atom stereocenters. The Balaban J connectivity index is 1.67. The number of hydrogen-bond acceptors (Lipinski definition) is 5. The predicted octanol–water partition coefficient (Wildman–Crippen LogP) is 5.26. The monoisotopic (exact) mass is 465 g/mol. The van der Waals surface area contributed by atoms with E-state index in [0.717, 1.165) is 16.7 Å². The number of carbonyl (C=O) groups excluding carboxylic acids is 2. The third kappa shape index (κ3) is 5.28. The maximum atomic E-state index is 12.9. The Morgan fingerprint density at radius 1 is 1.13 bits per heavy atom. The second-order valence-electron chi connectivity index (χ2n) is 5.94. The van der Waals surface area contributed by atoms with Gasteiger partial charge in [0.25, 0.3) is 11.1 Å². The van der Waals surface area contributed by atoms with Crippen LogP contribution in [0.15, 0.2) is 41.3 Å². The Labute approximate surface area is 186 Å². The van der Waals surface area contributed by atoms with Crippen LogP contribution in [0.5, 0.6) is 11.5 Å². The van der Waals surface area contributed by atoms with Gasteiger partial charge in [-0.3, -0.25) is 14.5 Å². The maximum Gasteiger partial charge on any atom is 0.293 e. The second kappa shape index (κ2) is 9.90. The van der Waals surface area contributed by atoms with E-state index in [2.05, 4.69) is 5.92 Å². The second-order valence-corrected chi connectivity index (χ2v) is 7.75. The topological polar surface area (TPSA) is 55.8 Å². The van der Waals surface area contributed by atoms with Gasteiger partial charge in [0, 0.05) is 0 Å². The van der Waals surface area contributed by atoms with Crippen molar-refractivity contribution in [3.8, 4) is 23.8 Å². The minimum absolute atomic E-state index is 0.0116. The van der Waals surface area contributed by atoms with Gasteiger partial charge in [-0.1, -0.05) is 29.1 Å². The molecule has 1 heterocycles. The molecule has 2 aromatic rings. The molecule has 1 aliphatic rings. The zero-order valence-electron chi connectivity index (χ0n) is 15.4. The lowest BCUT2D eigenvalue weighted by Crippen LogP contribution is -2.32. The van der Waals surface area contributed by atoms with E-state index in [9.17, 15) is 14.0 Å². The van der Waals surface area contributed by atoms with Crippen LogP contribution in [0, 0.1) is 18.2 Å². The molecule has 0 aromatic heterocycles. The number of thioether (sulfide) groups is 1. The maximum absolute atomic E-state index is 12.9. The molecule has 3 rings (SSSR count). The van der Waals surface area contributed by atoms with Crippen molar-refractivity contribution in [3.63, 3.8) is 0 Å². The average molecular weight is 466 g/mol. The largest absolute Gasteiger partial charge is 0.492 e. The van der Waals surface area contributed by atoms with Crippen molar-refractivity contribution in [1.82, 2.24) is 4.90 Å². The summed E-state index contributed by atoms with van der Waals surface area (Å²) in [4.78, 5) is 26.1. The summed E-state index contributed by atoms with van der Waals surface area (Å²) in [6.07, 6.45) is 6.68. The van der Waals surface area contributed by atoms with Crippen LogP contribution >= 0.6 is 35.0 Å². The molecule has 5 nitrogen and oxygen atoms in total. The summed E-state index contributed by atoms with van der Waals surface area (Å²) in [5.41, 5.74) is 0.533. The van der Waals surface area contributed by atoms with Crippen molar-refractivity contribution in [2.45, 2.75) is 0 Å². The molecule has 0 saturated carbocycles. The van der Waals surface area contributed by atoms with Gasteiger partial charge in [-0.2, -0.15) is 0 Å². The number of benzene rings is 2. The molecule has 0 bridgehead atoms. The van der Waals surface area contributed by atoms with Crippen LogP contribution in [0.2, 0.25) is 10.0 Å². The number of terminal acetylenes is 1. The molecule has 9 heteroatoms. The number of nitrogens with zero attached hydrogens (tertiary/aromatic N) is 1. The van der Waals surface area contributed by atoms with Gasteiger partial charge >= 0.3 is 0 Å². The van der Waals surface area contributed by atoms with Crippen molar-refractivity contribution < 1.29 is 23.5 Å². The number of ether oxygens (including phenoxy) is 2. The molecule has 1 aliphatic heterocycles. The molecule has 0 aliphatic carbocycles. The molecule has 2 aromatic carbocycles. The fraction of sp³-hybridized carbons (Fsp3) is 0.143. The smallest absolute Gasteiger partial charge is 0.293 e. The molecule has 0 unspecified atom stereocenters. The fourth-order valence-corrected chi connectivity index (χ4v) is 4.02. The van der Waals surface area contributed by atoms with Crippen LogP contribution in [0.3, 0.4) is 0 Å². The van der Waals surface area contributed by atoms with Gasteiger partial charge in [0.2, 0.25) is 0 Å². The zero-order chi connectivity index (χ0) is 21.7. The van der Waals surface area contributed by atoms with Gasteiger partial charge in [-0.05, 0) is 59.8 Å². The van der Waals surface area contributed by atoms with E-state index in [1.165, 1.54) is 30.3 Å². The first-order valence-electron chi connectivity index (χ1n) is 8.58. The summed E-state index contributed by atoms with van der Waals surface area (Å²) in [6.45, 7) is 0.146. The van der Waals surface area contributed by atoms with Crippen molar-refractivity contribution in [2.75, 3.05) is 19.8 Å². The number of halogens is 3. The van der Waals surface area contributed by atoms with Crippen molar-refractivity contribution in [2.24, 2.45) is 0 Å². The van der Waals surface area contributed by atoms with Crippen LogP contribution < -0.4 is 9.47 Å². The Morgan fingerprint density at radius 2 is 1.80 bits per heavy atom. The molecule has 154 valence electrons. The summed E-state index contributed by atoms with van der Waals surface area (Å²) in [6, 6.07) is 8.57. The highest BCUT2D eigenvalue weighted by atomic mass is 35.5. The fourth-order valence-electron chi connectivity index (χ4n) is 2.54. The van der Waals surface area contributed by atoms with Gasteiger partial charge in [-0.15, -0.1) is 6.42 Å². The van der Waals surface area contributed by atoms with Gasteiger partial charge in [0.1, 0.15) is 24.8 Å². The van der Waals surface area contributed by atoms with E-state index in [1.54, 1.807) is 12.1 Å². The highest BCUT2D eigenvalue weighted by Crippen LogP contribution is 2.37. The molecule has 2 amide bonds. The Bertz CT molecular complexity index is 1030. The van der Waals surface area contributed by atoms with E-state index in [0.29, 0.717) is 11.3 Å². The van der Waals surface area contributed by atoms with Gasteiger partial charge in [0.15, 0.2) is 5.75 Å². The molecule has 1 fully saturated rings. The predicted molar refractivity (Wildman–Crippen MR) is 115 cm³/mol. The van der Waals surface area contributed by atoms with Crippen LogP contribution in [0.1, 0.15) is 5.56 Å². The quantitative estimate of drug-likeness (QED) is 0.412. The number of hydrogen-bond donors (Lipinski definition) is 0. The van der Waals surface area contributed by atoms with E-state index in [4.69, 9.17) is 39.1 Å². The zero-order valence-corrected chi connectivity index (χ0v) is 17.7. The first-order chi connectivity index (χ1) is 14.4. The van der Waals surface area contributed by atoms with Crippen LogP contribution in [-0.4, -0.2) is 35.8 Å². The third-order valence-electron chi connectivity index (χ3n) is 3.89. The molecule has 0 spiro atoms. The molecule has 0 radical (unpaired) electrons. The van der Waals surface area contributed by atoms with Crippen LogP contribution in [0.4, 0.5) is 9.18 Å². The lowest BCUT2D eigenvalue weighted by molar-refractivity contribution is -0.123. The number of carbonyl (C=O) groups is 2. The minimum atomic E-state index is -0.451. The number of amides is 2. The molecule has 1 saturated heterocycles. The minimum Gasteiger partial charge on any atom is -0.492 e. The number of rotatable bonds is 7. The third-order valence-corrected chi connectivity index (χ3v) is 5.36. The molecular weight excluding hydrogens is 452 g/mol. The summed E-state index contributed by atoms with van der Waals surface area (Å²) in [5.74, 6) is 2.18. The number of imide groups is 1. The van der Waals surface area contributed by atoms with Gasteiger partial charge in [-0.25, -0.2) is 4.39 Å². The normalized spacial score (nSPS) is 14.9. The first-order valence-corrected chi connectivity index (χ1v) is 10.2. The van der Waals surface area contributed by atoms with E-state index in [-0.39, 0.29) is 46.3 Å². The van der Waals surface area contributed by atoms with E-state index >= 15 is 0 Å². The van der Waals surface area contributed by atoms with Crippen molar-refractivity contribution in [1.29, 1.82) is 0 Å². The average Bonchev–Trinajstić information content (AvgIpc) is 2.96. The lowest BCUT2D eigenvalue weighted by atomic mass is 10.2. The van der Waals surface area contributed by atoms with Crippen molar-refractivity contribution >= 4 is 52.2 Å². The molecule has 30 heavy (non-hydrogen) atoms. The van der Waals surface area contributed by atoms with Gasteiger partial charge < -0.3 is 9.47 Å². The highest BCUT2D eigenvalue weighted by Gasteiger charge is 2.34. The Kier molecular flexibility index (Phi) is 7.27. The van der Waals surface area contributed by atoms with Crippen LogP contribution in [0.25, 0.3) is 6.08 Å². The van der Waals surface area contributed by atoms with E-state index < -0.39 is 11.1 Å². The SMILES string of the molecule is C#CCOc1c(Cl)cc(/C=C2\SC(=O)N(CCOc3ccc(F)cc3)C2=O)cc1Cl. The first kappa shape index (κ1) is 22.0. The highest BCUT2D eigenvalue weighted by molar-refractivity contribution is 8.18. The molecular formula is C21H14Cl2FNO4S. The van der Waals surface area contributed by atoms with Gasteiger partial charge in [0.05, 0.1) is 21.5 Å².